The van der Waals surface area contributed by atoms with Crippen LogP contribution in [-0.2, 0) is 21.9 Å². The predicted molar refractivity (Wildman–Crippen MR) is 105 cm³/mol. The molecule has 1 atom stereocenters. The second-order valence-electron chi connectivity index (χ2n) is 6.93. The van der Waals surface area contributed by atoms with Gasteiger partial charge in [-0.15, -0.1) is 0 Å². The second kappa shape index (κ2) is 6.99. The maximum atomic E-state index is 13.0. The van der Waals surface area contributed by atoms with Gasteiger partial charge in [0.25, 0.3) is 0 Å². The van der Waals surface area contributed by atoms with Crippen LogP contribution in [0, 0.1) is 0 Å². The number of nitrogens with one attached hydrogen (secondary N) is 1. The SMILES string of the molecule is CC(=O)Nc1ccc(S(=O)(=O)N2CCC(c3nc4cccnc4n3C)C2)cc1. The smallest absolute Gasteiger partial charge is 0.243 e. The molecule has 1 aliphatic heterocycles. The summed E-state index contributed by atoms with van der Waals surface area (Å²) in [5.41, 5.74) is 2.18. The molecule has 28 heavy (non-hydrogen) atoms. The normalized spacial score (nSPS) is 17.9. The minimum atomic E-state index is -3.60. The highest BCUT2D eigenvalue weighted by atomic mass is 32.2. The molecule has 1 aliphatic rings. The van der Waals surface area contributed by atoms with E-state index in [1.54, 1.807) is 18.3 Å². The van der Waals surface area contributed by atoms with Crippen molar-refractivity contribution in [3.05, 3.63) is 48.4 Å². The number of hydrogen-bond donors (Lipinski definition) is 1. The molecule has 3 heterocycles. The van der Waals surface area contributed by atoms with E-state index in [4.69, 9.17) is 0 Å². The van der Waals surface area contributed by atoms with Gasteiger partial charge in [-0.3, -0.25) is 4.79 Å². The number of sulfonamides is 1. The number of aromatic nitrogens is 3. The lowest BCUT2D eigenvalue weighted by Gasteiger charge is -2.17. The van der Waals surface area contributed by atoms with Crippen molar-refractivity contribution in [2.24, 2.45) is 7.05 Å². The number of carbonyl (C=O) groups is 1. The van der Waals surface area contributed by atoms with E-state index in [1.807, 2.05) is 23.7 Å². The van der Waals surface area contributed by atoms with Crippen LogP contribution in [-0.4, -0.2) is 46.3 Å². The average molecular weight is 399 g/mol. The average Bonchev–Trinajstić information content (AvgIpc) is 3.28. The molecule has 8 nitrogen and oxygen atoms in total. The highest BCUT2D eigenvalue weighted by Crippen LogP contribution is 2.32. The summed E-state index contributed by atoms with van der Waals surface area (Å²) >= 11 is 0. The summed E-state index contributed by atoms with van der Waals surface area (Å²) in [6.07, 6.45) is 2.43. The monoisotopic (exact) mass is 399 g/mol. The fraction of sp³-hybridized carbons (Fsp3) is 0.316. The van der Waals surface area contributed by atoms with Crippen molar-refractivity contribution < 1.29 is 13.2 Å². The van der Waals surface area contributed by atoms with Crippen LogP contribution in [0.1, 0.15) is 25.1 Å². The summed E-state index contributed by atoms with van der Waals surface area (Å²) in [5, 5.41) is 2.64. The summed E-state index contributed by atoms with van der Waals surface area (Å²) < 4.78 is 29.4. The van der Waals surface area contributed by atoms with Gasteiger partial charge < -0.3 is 9.88 Å². The van der Waals surface area contributed by atoms with Crippen LogP contribution >= 0.6 is 0 Å². The minimum absolute atomic E-state index is 0.0210. The molecule has 1 N–H and O–H groups in total. The number of hydrogen-bond acceptors (Lipinski definition) is 5. The van der Waals surface area contributed by atoms with E-state index in [1.165, 1.54) is 23.4 Å². The lowest BCUT2D eigenvalue weighted by atomic mass is 10.1. The van der Waals surface area contributed by atoms with Gasteiger partial charge in [0.2, 0.25) is 15.9 Å². The maximum Gasteiger partial charge on any atom is 0.243 e. The molecule has 1 amide bonds. The van der Waals surface area contributed by atoms with Gasteiger partial charge in [0.15, 0.2) is 5.65 Å². The lowest BCUT2D eigenvalue weighted by molar-refractivity contribution is -0.114. The molecule has 1 fully saturated rings. The number of benzene rings is 1. The van der Waals surface area contributed by atoms with Crippen molar-refractivity contribution in [1.82, 2.24) is 18.8 Å². The van der Waals surface area contributed by atoms with Crippen molar-refractivity contribution in [3.63, 3.8) is 0 Å². The van der Waals surface area contributed by atoms with Crippen LogP contribution in [0.5, 0.6) is 0 Å². The standard InChI is InChI=1S/C19H21N5O3S/c1-13(25)21-15-5-7-16(8-6-15)28(26,27)24-11-9-14(12-24)18-22-17-4-3-10-20-19(17)23(18)2/h3-8,10,14H,9,11-12H2,1-2H3,(H,21,25). The van der Waals surface area contributed by atoms with Crippen LogP contribution in [0.2, 0.25) is 0 Å². The fourth-order valence-corrected chi connectivity index (χ4v) is 5.13. The molecule has 2 aromatic heterocycles. The molecule has 0 radical (unpaired) electrons. The predicted octanol–water partition coefficient (Wildman–Crippen LogP) is 2.10. The number of aryl methyl sites for hydroxylation is 1. The molecular weight excluding hydrogens is 378 g/mol. The van der Waals surface area contributed by atoms with Crippen molar-refractivity contribution in [2.75, 3.05) is 18.4 Å². The largest absolute Gasteiger partial charge is 0.326 e. The van der Waals surface area contributed by atoms with E-state index in [0.29, 0.717) is 25.2 Å². The van der Waals surface area contributed by atoms with E-state index in [9.17, 15) is 13.2 Å². The topological polar surface area (TPSA) is 97.2 Å². The van der Waals surface area contributed by atoms with Gasteiger partial charge >= 0.3 is 0 Å². The number of carbonyl (C=O) groups excluding carboxylic acids is 1. The molecule has 0 aliphatic carbocycles. The number of nitrogens with zero attached hydrogens (tertiary/aromatic N) is 4. The number of amides is 1. The molecular formula is C19H21N5O3S. The molecule has 9 heteroatoms. The zero-order valence-electron chi connectivity index (χ0n) is 15.7. The third-order valence-electron chi connectivity index (χ3n) is 4.99. The third kappa shape index (κ3) is 3.27. The Balaban J connectivity index is 1.55. The van der Waals surface area contributed by atoms with Crippen molar-refractivity contribution in [1.29, 1.82) is 0 Å². The summed E-state index contributed by atoms with van der Waals surface area (Å²) in [4.78, 5) is 20.4. The summed E-state index contributed by atoms with van der Waals surface area (Å²) in [6.45, 7) is 2.23. The summed E-state index contributed by atoms with van der Waals surface area (Å²) in [5.74, 6) is 0.676. The van der Waals surface area contributed by atoms with Gasteiger partial charge in [-0.05, 0) is 42.8 Å². The van der Waals surface area contributed by atoms with Gasteiger partial charge in [-0.1, -0.05) is 0 Å². The van der Waals surface area contributed by atoms with Crippen LogP contribution in [0.15, 0.2) is 47.5 Å². The molecule has 0 spiro atoms. The van der Waals surface area contributed by atoms with E-state index < -0.39 is 10.0 Å². The van der Waals surface area contributed by atoms with Crippen molar-refractivity contribution in [3.8, 4) is 0 Å². The van der Waals surface area contributed by atoms with Crippen LogP contribution < -0.4 is 5.32 Å². The van der Waals surface area contributed by atoms with E-state index >= 15 is 0 Å². The number of pyridine rings is 1. The number of anilines is 1. The molecule has 0 bridgehead atoms. The Bertz CT molecular complexity index is 1140. The highest BCUT2D eigenvalue weighted by Gasteiger charge is 2.35. The fourth-order valence-electron chi connectivity index (χ4n) is 3.63. The quantitative estimate of drug-likeness (QED) is 0.725. The third-order valence-corrected chi connectivity index (χ3v) is 6.87. The van der Waals surface area contributed by atoms with E-state index in [-0.39, 0.29) is 16.7 Å². The van der Waals surface area contributed by atoms with Crippen LogP contribution in [0.25, 0.3) is 11.2 Å². The Hall–Kier alpha value is -2.78. The van der Waals surface area contributed by atoms with Crippen LogP contribution in [0.4, 0.5) is 5.69 Å². The van der Waals surface area contributed by atoms with Gasteiger partial charge in [-0.25, -0.2) is 18.4 Å². The zero-order valence-corrected chi connectivity index (χ0v) is 16.5. The number of rotatable bonds is 4. The van der Waals surface area contributed by atoms with Gasteiger partial charge in [0.05, 0.1) is 4.90 Å². The minimum Gasteiger partial charge on any atom is -0.326 e. The molecule has 3 aromatic rings. The maximum absolute atomic E-state index is 13.0. The van der Waals surface area contributed by atoms with Gasteiger partial charge in [-0.2, -0.15) is 4.31 Å². The highest BCUT2D eigenvalue weighted by molar-refractivity contribution is 7.89. The second-order valence-corrected chi connectivity index (χ2v) is 8.87. The first kappa shape index (κ1) is 18.6. The molecule has 4 rings (SSSR count). The Morgan fingerprint density at radius 2 is 1.96 bits per heavy atom. The Morgan fingerprint density at radius 1 is 1.21 bits per heavy atom. The zero-order chi connectivity index (χ0) is 19.9. The molecule has 1 aromatic carbocycles. The van der Waals surface area contributed by atoms with Crippen molar-refractivity contribution >= 4 is 32.8 Å². The molecule has 0 saturated carbocycles. The number of imidazole rings is 1. The lowest BCUT2D eigenvalue weighted by Crippen LogP contribution is -2.29. The molecule has 1 unspecified atom stereocenters. The summed E-state index contributed by atoms with van der Waals surface area (Å²) in [6, 6.07) is 9.98. The first-order valence-corrected chi connectivity index (χ1v) is 10.5. The Morgan fingerprint density at radius 3 is 2.64 bits per heavy atom. The number of fused-ring (bicyclic) bond motifs is 1. The van der Waals surface area contributed by atoms with Gasteiger partial charge in [0, 0.05) is 44.9 Å². The Kier molecular flexibility index (Phi) is 4.64. The van der Waals surface area contributed by atoms with Crippen molar-refractivity contribution in [2.45, 2.75) is 24.2 Å². The Labute approximate surface area is 163 Å². The van der Waals surface area contributed by atoms with E-state index in [2.05, 4.69) is 15.3 Å². The van der Waals surface area contributed by atoms with E-state index in [0.717, 1.165) is 17.0 Å². The first-order chi connectivity index (χ1) is 13.4. The van der Waals surface area contributed by atoms with Crippen LogP contribution in [0.3, 0.4) is 0 Å². The summed E-state index contributed by atoms with van der Waals surface area (Å²) in [7, 11) is -1.69. The molecule has 1 saturated heterocycles. The van der Waals surface area contributed by atoms with Gasteiger partial charge in [0.1, 0.15) is 11.3 Å². The molecule has 146 valence electrons. The first-order valence-electron chi connectivity index (χ1n) is 9.01.